The minimum atomic E-state index is -3.91. The first kappa shape index (κ1) is 16.5. The summed E-state index contributed by atoms with van der Waals surface area (Å²) in [4.78, 5) is -0.348. The van der Waals surface area contributed by atoms with E-state index in [-0.39, 0.29) is 17.5 Å². The molecule has 0 amide bonds. The molecule has 0 spiro atoms. The molecular weight excluding hydrogens is 305 g/mol. The summed E-state index contributed by atoms with van der Waals surface area (Å²) in [6.45, 7) is 3.49. The molecule has 0 heterocycles. The van der Waals surface area contributed by atoms with E-state index in [2.05, 4.69) is 4.72 Å². The van der Waals surface area contributed by atoms with Crippen LogP contribution in [0, 0.1) is 12.7 Å². The Kier molecular flexibility index (Phi) is 5.15. The van der Waals surface area contributed by atoms with Gasteiger partial charge in [-0.25, -0.2) is 17.5 Å². The lowest BCUT2D eigenvalue weighted by Crippen LogP contribution is -2.34. The molecule has 2 aromatic rings. The monoisotopic (exact) mass is 323 g/mol. The summed E-state index contributed by atoms with van der Waals surface area (Å²) in [7, 11) is -3.91. The summed E-state index contributed by atoms with van der Waals surface area (Å²) in [5.74, 6) is -0.120. The standard InChI is InChI=1S/C16H18FNO3S/c1-12-8-9-15(17)16(10-12)22(19,20)18-11-13(2)21-14-6-4-3-5-7-14/h3-10,13,18H,11H2,1-2H3. The first-order valence-corrected chi connectivity index (χ1v) is 8.34. The van der Waals surface area contributed by atoms with Gasteiger partial charge in [-0.2, -0.15) is 0 Å². The van der Waals surface area contributed by atoms with Crippen molar-refractivity contribution in [3.63, 3.8) is 0 Å². The molecular formula is C16H18FNO3S. The van der Waals surface area contributed by atoms with Crippen molar-refractivity contribution in [1.82, 2.24) is 4.72 Å². The van der Waals surface area contributed by atoms with E-state index in [4.69, 9.17) is 4.74 Å². The highest BCUT2D eigenvalue weighted by Gasteiger charge is 2.20. The highest BCUT2D eigenvalue weighted by Crippen LogP contribution is 2.16. The van der Waals surface area contributed by atoms with Crippen molar-refractivity contribution in [2.45, 2.75) is 24.8 Å². The molecule has 0 aromatic heterocycles. The smallest absolute Gasteiger partial charge is 0.243 e. The number of sulfonamides is 1. The van der Waals surface area contributed by atoms with Crippen molar-refractivity contribution in [2.75, 3.05) is 6.54 Å². The number of rotatable bonds is 6. The molecule has 0 saturated heterocycles. The first-order valence-electron chi connectivity index (χ1n) is 6.86. The van der Waals surface area contributed by atoms with Crippen molar-refractivity contribution in [1.29, 1.82) is 0 Å². The SMILES string of the molecule is Cc1ccc(F)c(S(=O)(=O)NCC(C)Oc2ccccc2)c1. The molecule has 1 unspecified atom stereocenters. The van der Waals surface area contributed by atoms with Gasteiger partial charge in [0.05, 0.1) is 0 Å². The molecule has 0 aliphatic heterocycles. The molecule has 2 rings (SSSR count). The second-order valence-corrected chi connectivity index (χ2v) is 6.76. The van der Waals surface area contributed by atoms with Crippen LogP contribution in [0.25, 0.3) is 0 Å². The molecule has 0 aliphatic carbocycles. The zero-order chi connectivity index (χ0) is 16.2. The van der Waals surface area contributed by atoms with Gasteiger partial charge in [-0.3, -0.25) is 0 Å². The van der Waals surface area contributed by atoms with E-state index in [1.807, 2.05) is 18.2 Å². The van der Waals surface area contributed by atoms with Crippen LogP contribution in [-0.2, 0) is 10.0 Å². The number of benzene rings is 2. The highest BCUT2D eigenvalue weighted by atomic mass is 32.2. The van der Waals surface area contributed by atoms with Crippen LogP contribution in [0.1, 0.15) is 12.5 Å². The van der Waals surface area contributed by atoms with Crippen LogP contribution >= 0.6 is 0 Å². The third-order valence-corrected chi connectivity index (χ3v) is 4.46. The van der Waals surface area contributed by atoms with Gasteiger partial charge in [0, 0.05) is 6.54 Å². The summed E-state index contributed by atoms with van der Waals surface area (Å²) >= 11 is 0. The van der Waals surface area contributed by atoms with E-state index in [0.29, 0.717) is 11.3 Å². The van der Waals surface area contributed by atoms with E-state index < -0.39 is 15.8 Å². The lowest BCUT2D eigenvalue weighted by Gasteiger charge is -2.16. The minimum Gasteiger partial charge on any atom is -0.489 e. The zero-order valence-corrected chi connectivity index (χ0v) is 13.2. The minimum absolute atomic E-state index is 0.0462. The largest absolute Gasteiger partial charge is 0.489 e. The van der Waals surface area contributed by atoms with Crippen LogP contribution in [0.5, 0.6) is 5.75 Å². The summed E-state index contributed by atoms with van der Waals surface area (Å²) in [5.41, 5.74) is 0.676. The van der Waals surface area contributed by atoms with E-state index in [1.165, 1.54) is 12.1 Å². The summed E-state index contributed by atoms with van der Waals surface area (Å²) in [5, 5.41) is 0. The molecule has 0 saturated carbocycles. The van der Waals surface area contributed by atoms with Gasteiger partial charge < -0.3 is 4.74 Å². The lowest BCUT2D eigenvalue weighted by atomic mass is 10.2. The number of ether oxygens (including phenoxy) is 1. The van der Waals surface area contributed by atoms with Crippen molar-refractivity contribution in [3.8, 4) is 5.75 Å². The topological polar surface area (TPSA) is 55.4 Å². The Morgan fingerprint density at radius 3 is 2.55 bits per heavy atom. The van der Waals surface area contributed by atoms with Crippen LogP contribution in [0.3, 0.4) is 0 Å². The van der Waals surface area contributed by atoms with Gasteiger partial charge in [0.25, 0.3) is 0 Å². The maximum atomic E-state index is 13.7. The molecule has 0 radical (unpaired) electrons. The number of hydrogen-bond acceptors (Lipinski definition) is 3. The van der Waals surface area contributed by atoms with E-state index in [9.17, 15) is 12.8 Å². The number of aryl methyl sites for hydroxylation is 1. The molecule has 0 bridgehead atoms. The summed E-state index contributed by atoms with van der Waals surface area (Å²) in [6, 6.07) is 13.1. The fourth-order valence-corrected chi connectivity index (χ4v) is 3.17. The van der Waals surface area contributed by atoms with Crippen LogP contribution in [0.4, 0.5) is 4.39 Å². The van der Waals surface area contributed by atoms with Gasteiger partial charge in [0.2, 0.25) is 10.0 Å². The van der Waals surface area contributed by atoms with Gasteiger partial charge in [-0.15, -0.1) is 0 Å². The predicted octanol–water partition coefficient (Wildman–Crippen LogP) is 2.88. The highest BCUT2D eigenvalue weighted by molar-refractivity contribution is 7.89. The van der Waals surface area contributed by atoms with Gasteiger partial charge in [0.15, 0.2) is 0 Å². The number of para-hydroxylation sites is 1. The molecule has 0 aliphatic rings. The Bertz CT molecular complexity index is 732. The van der Waals surface area contributed by atoms with E-state index in [0.717, 1.165) is 6.07 Å². The Balaban J connectivity index is 2.02. The van der Waals surface area contributed by atoms with Gasteiger partial charge in [-0.05, 0) is 43.7 Å². The average molecular weight is 323 g/mol. The van der Waals surface area contributed by atoms with Crippen LogP contribution < -0.4 is 9.46 Å². The molecule has 118 valence electrons. The zero-order valence-electron chi connectivity index (χ0n) is 12.4. The Labute approximate surface area is 130 Å². The van der Waals surface area contributed by atoms with Crippen LogP contribution in [-0.4, -0.2) is 21.1 Å². The first-order chi connectivity index (χ1) is 10.4. The third kappa shape index (κ3) is 4.29. The molecule has 0 fully saturated rings. The molecule has 1 atom stereocenters. The van der Waals surface area contributed by atoms with Crippen molar-refractivity contribution in [2.24, 2.45) is 0 Å². The maximum Gasteiger partial charge on any atom is 0.243 e. The fourth-order valence-electron chi connectivity index (χ4n) is 1.89. The predicted molar refractivity (Wildman–Crippen MR) is 82.9 cm³/mol. The summed E-state index contributed by atoms with van der Waals surface area (Å²) < 4.78 is 45.9. The molecule has 4 nitrogen and oxygen atoms in total. The quantitative estimate of drug-likeness (QED) is 0.889. The second kappa shape index (κ2) is 6.89. The number of nitrogens with one attached hydrogen (secondary N) is 1. The summed E-state index contributed by atoms with van der Waals surface area (Å²) in [6.07, 6.45) is -0.384. The van der Waals surface area contributed by atoms with Crippen molar-refractivity contribution < 1.29 is 17.5 Å². The normalized spacial score (nSPS) is 12.9. The van der Waals surface area contributed by atoms with Gasteiger partial charge in [-0.1, -0.05) is 24.3 Å². The van der Waals surface area contributed by atoms with Crippen molar-refractivity contribution >= 4 is 10.0 Å². The lowest BCUT2D eigenvalue weighted by molar-refractivity contribution is 0.225. The van der Waals surface area contributed by atoms with Crippen molar-refractivity contribution in [3.05, 3.63) is 59.9 Å². The van der Waals surface area contributed by atoms with Gasteiger partial charge >= 0.3 is 0 Å². The van der Waals surface area contributed by atoms with E-state index in [1.54, 1.807) is 26.0 Å². The molecule has 2 aromatic carbocycles. The third-order valence-electron chi connectivity index (χ3n) is 3.02. The Morgan fingerprint density at radius 2 is 1.86 bits per heavy atom. The maximum absolute atomic E-state index is 13.7. The number of hydrogen-bond donors (Lipinski definition) is 1. The molecule has 1 N–H and O–H groups in total. The Hall–Kier alpha value is -1.92. The van der Waals surface area contributed by atoms with Crippen LogP contribution in [0.15, 0.2) is 53.4 Å². The second-order valence-electron chi connectivity index (χ2n) is 5.03. The molecule has 22 heavy (non-hydrogen) atoms. The van der Waals surface area contributed by atoms with Crippen LogP contribution in [0.2, 0.25) is 0 Å². The average Bonchev–Trinajstić information content (AvgIpc) is 2.49. The van der Waals surface area contributed by atoms with Gasteiger partial charge in [0.1, 0.15) is 22.6 Å². The fraction of sp³-hybridized carbons (Fsp3) is 0.250. The van der Waals surface area contributed by atoms with E-state index >= 15 is 0 Å². The number of halogens is 1. The molecule has 6 heteroatoms. The Morgan fingerprint density at radius 1 is 1.18 bits per heavy atom.